The summed E-state index contributed by atoms with van der Waals surface area (Å²) in [7, 11) is 3.65. The van der Waals surface area contributed by atoms with Gasteiger partial charge >= 0.3 is 0 Å². The van der Waals surface area contributed by atoms with Gasteiger partial charge in [-0.1, -0.05) is 45.7 Å². The van der Waals surface area contributed by atoms with E-state index in [1.165, 1.54) is 10.5 Å². The van der Waals surface area contributed by atoms with Crippen LogP contribution in [0.2, 0.25) is 0 Å². The second kappa shape index (κ2) is 11.8. The quantitative estimate of drug-likeness (QED) is 0.343. The van der Waals surface area contributed by atoms with Crippen molar-refractivity contribution in [3.05, 3.63) is 29.8 Å². The molecule has 97 valence electrons. The molecule has 1 unspecified atom stereocenters. The molecule has 0 bridgehead atoms. The molecular weight excluding hydrogens is 295 g/mol. The second-order valence-corrected chi connectivity index (χ2v) is 7.34. The van der Waals surface area contributed by atoms with Gasteiger partial charge in [0.25, 0.3) is 0 Å². The molecule has 6 heteroatoms. The number of benzene rings is 1. The third kappa shape index (κ3) is 9.89. The molecule has 0 fully saturated rings. The van der Waals surface area contributed by atoms with Crippen molar-refractivity contribution < 1.29 is 8.76 Å². The Morgan fingerprint density at radius 2 is 1.83 bits per heavy atom. The Hall–Kier alpha value is 1.03. The summed E-state index contributed by atoms with van der Waals surface area (Å²) in [5.41, 5.74) is 1.29. The van der Waals surface area contributed by atoms with E-state index in [1.54, 1.807) is 10.8 Å². The molecule has 1 atom stereocenters. The van der Waals surface area contributed by atoms with E-state index in [4.69, 9.17) is 4.55 Å². The number of hydrogen-bond donors (Lipinski definition) is 1. The van der Waals surface area contributed by atoms with Gasteiger partial charge in [-0.05, 0) is 31.9 Å². The summed E-state index contributed by atoms with van der Waals surface area (Å²) in [6.45, 7) is 2.09. The van der Waals surface area contributed by atoms with Gasteiger partial charge in [0.1, 0.15) is 0 Å². The molecule has 18 heavy (non-hydrogen) atoms. The van der Waals surface area contributed by atoms with Crippen molar-refractivity contribution in [2.24, 2.45) is 0 Å². The Labute approximate surface area is 142 Å². The van der Waals surface area contributed by atoms with Crippen LogP contribution in [-0.2, 0) is 11.1 Å². The van der Waals surface area contributed by atoms with Crippen LogP contribution in [-0.4, -0.2) is 49.8 Å². The molecule has 1 radical (unpaired) electrons. The SMILES string of the molecule is Cc1ccc(SSCCCCCS(=O)O)cc1.[Na]. The van der Waals surface area contributed by atoms with E-state index < -0.39 is 11.1 Å². The van der Waals surface area contributed by atoms with Crippen LogP contribution in [0.5, 0.6) is 0 Å². The third-order valence-corrected chi connectivity index (χ3v) is 5.33. The Morgan fingerprint density at radius 1 is 1.17 bits per heavy atom. The zero-order chi connectivity index (χ0) is 12.5. The fourth-order valence-corrected chi connectivity index (χ4v) is 3.85. The molecule has 0 spiro atoms. The second-order valence-electron chi connectivity index (χ2n) is 3.80. The first-order valence-corrected chi connectivity index (χ1v) is 9.21. The number of aryl methyl sites for hydroxylation is 1. The summed E-state index contributed by atoms with van der Waals surface area (Å²) in [6.07, 6.45) is 2.99. The van der Waals surface area contributed by atoms with Crippen molar-refractivity contribution in [3.63, 3.8) is 0 Å². The molecule has 1 rings (SSSR count). The molecule has 0 amide bonds. The Kier molecular flexibility index (Phi) is 12.5. The van der Waals surface area contributed by atoms with Crippen molar-refractivity contribution in [1.82, 2.24) is 0 Å². The molecule has 0 aliphatic carbocycles. The van der Waals surface area contributed by atoms with Gasteiger partial charge in [-0.15, -0.1) is 0 Å². The van der Waals surface area contributed by atoms with Gasteiger partial charge < -0.3 is 4.55 Å². The minimum atomic E-state index is -1.62. The van der Waals surface area contributed by atoms with Gasteiger partial charge in [-0.25, -0.2) is 4.21 Å². The predicted octanol–water partition coefficient (Wildman–Crippen LogP) is 3.75. The van der Waals surface area contributed by atoms with E-state index in [9.17, 15) is 4.21 Å². The predicted molar refractivity (Wildman–Crippen MR) is 84.7 cm³/mol. The summed E-state index contributed by atoms with van der Waals surface area (Å²) < 4.78 is 19.0. The van der Waals surface area contributed by atoms with E-state index >= 15 is 0 Å². The topological polar surface area (TPSA) is 37.3 Å². The molecular formula is C12H18NaO2S3. The fraction of sp³-hybridized carbons (Fsp3) is 0.500. The minimum Gasteiger partial charge on any atom is -0.306 e. The molecule has 0 saturated carbocycles. The van der Waals surface area contributed by atoms with Gasteiger partial charge in [0.05, 0.1) is 0 Å². The molecule has 0 heterocycles. The van der Waals surface area contributed by atoms with E-state index in [2.05, 4.69) is 31.2 Å². The fourth-order valence-electron chi connectivity index (χ4n) is 1.27. The van der Waals surface area contributed by atoms with E-state index in [1.807, 2.05) is 10.8 Å². The number of rotatable bonds is 8. The van der Waals surface area contributed by atoms with Crippen LogP contribution < -0.4 is 0 Å². The zero-order valence-corrected chi connectivity index (χ0v) is 15.4. The Morgan fingerprint density at radius 3 is 2.44 bits per heavy atom. The largest absolute Gasteiger partial charge is 0.306 e. The van der Waals surface area contributed by atoms with Crippen molar-refractivity contribution in [3.8, 4) is 0 Å². The van der Waals surface area contributed by atoms with Gasteiger partial charge in [0.15, 0.2) is 11.1 Å². The van der Waals surface area contributed by atoms with E-state index in [0.717, 1.165) is 25.0 Å². The average molecular weight is 313 g/mol. The standard InChI is InChI=1S/C12H18O2S3.Na/c1-11-5-7-12(8-6-11)16-15-9-3-2-4-10-17(13)14;/h5-8H,2-4,9-10H2,1H3,(H,13,14);. The van der Waals surface area contributed by atoms with Gasteiger partial charge in [0, 0.05) is 46.0 Å². The van der Waals surface area contributed by atoms with Crippen molar-refractivity contribution in [2.45, 2.75) is 31.1 Å². The molecule has 0 saturated heterocycles. The normalized spacial score (nSPS) is 11.9. The maximum absolute atomic E-state index is 10.4. The Balaban J connectivity index is 0.00000289. The van der Waals surface area contributed by atoms with Crippen LogP contribution in [0.3, 0.4) is 0 Å². The van der Waals surface area contributed by atoms with Gasteiger partial charge in [-0.2, -0.15) is 0 Å². The first-order valence-electron chi connectivity index (χ1n) is 5.62. The monoisotopic (exact) mass is 313 g/mol. The van der Waals surface area contributed by atoms with E-state index in [0.29, 0.717) is 5.75 Å². The summed E-state index contributed by atoms with van der Waals surface area (Å²) in [4.78, 5) is 1.29. The molecule has 1 aromatic rings. The number of unbranched alkanes of at least 4 members (excludes halogenated alkanes) is 2. The molecule has 1 aromatic carbocycles. The third-order valence-electron chi connectivity index (χ3n) is 2.22. The summed E-state index contributed by atoms with van der Waals surface area (Å²) in [6, 6.07) is 8.53. The maximum atomic E-state index is 10.4. The van der Waals surface area contributed by atoms with Crippen LogP contribution in [0, 0.1) is 6.92 Å². The summed E-state index contributed by atoms with van der Waals surface area (Å²) in [5.74, 6) is 1.51. The van der Waals surface area contributed by atoms with Gasteiger partial charge in [0.2, 0.25) is 0 Å². The smallest absolute Gasteiger partial charge is 0.152 e. The number of hydrogen-bond acceptors (Lipinski definition) is 3. The van der Waals surface area contributed by atoms with Crippen LogP contribution in [0.1, 0.15) is 24.8 Å². The summed E-state index contributed by atoms with van der Waals surface area (Å²) >= 11 is -1.62. The average Bonchev–Trinajstić information content (AvgIpc) is 2.30. The molecule has 1 N–H and O–H groups in total. The maximum Gasteiger partial charge on any atom is 0.152 e. The first kappa shape index (κ1) is 19.0. The van der Waals surface area contributed by atoms with Crippen LogP contribution >= 0.6 is 21.6 Å². The van der Waals surface area contributed by atoms with E-state index in [-0.39, 0.29) is 29.6 Å². The van der Waals surface area contributed by atoms with Crippen LogP contribution in [0.15, 0.2) is 29.2 Å². The first-order chi connectivity index (χ1) is 8.18. The van der Waals surface area contributed by atoms with Gasteiger partial charge in [-0.3, -0.25) is 0 Å². The van der Waals surface area contributed by atoms with Crippen molar-refractivity contribution in [2.75, 3.05) is 11.5 Å². The van der Waals surface area contributed by atoms with Crippen molar-refractivity contribution in [1.29, 1.82) is 0 Å². The van der Waals surface area contributed by atoms with Crippen molar-refractivity contribution >= 4 is 62.2 Å². The molecule has 0 aliphatic heterocycles. The van der Waals surface area contributed by atoms with Crippen LogP contribution in [0.4, 0.5) is 0 Å². The Bertz CT molecular complexity index is 344. The zero-order valence-electron chi connectivity index (χ0n) is 10.9. The minimum absolute atomic E-state index is 0. The summed E-state index contributed by atoms with van der Waals surface area (Å²) in [5, 5.41) is 0. The molecule has 0 aromatic heterocycles. The molecule has 2 nitrogen and oxygen atoms in total. The molecule has 0 aliphatic rings. The van der Waals surface area contributed by atoms with Crippen LogP contribution in [0.25, 0.3) is 0 Å².